The number of ether oxygens (including phenoxy) is 1. The molecule has 1 aromatic carbocycles. The van der Waals surface area contributed by atoms with Crippen LogP contribution in [0, 0.1) is 5.82 Å². The molecule has 0 aliphatic rings. The van der Waals surface area contributed by atoms with Gasteiger partial charge in [-0.2, -0.15) is 0 Å². The molecule has 1 aromatic heterocycles. The van der Waals surface area contributed by atoms with Crippen LogP contribution in [0.5, 0.6) is 5.75 Å². The Balaban J connectivity index is 2.04. The smallest absolute Gasteiger partial charge is 0.183 e. The first kappa shape index (κ1) is 11.8. The van der Waals surface area contributed by atoms with Crippen LogP contribution in [0.3, 0.4) is 0 Å². The van der Waals surface area contributed by atoms with E-state index in [0.29, 0.717) is 21.3 Å². The molecular weight excluding hydrogens is 317 g/mol. The van der Waals surface area contributed by atoms with Crippen LogP contribution < -0.4 is 4.74 Å². The van der Waals surface area contributed by atoms with Gasteiger partial charge in [0.25, 0.3) is 0 Å². The summed E-state index contributed by atoms with van der Waals surface area (Å²) < 4.78 is 19.5. The minimum Gasteiger partial charge on any atom is -0.488 e. The molecule has 84 valence electrons. The fourth-order valence-corrected chi connectivity index (χ4v) is 2.45. The average molecular weight is 323 g/mol. The lowest BCUT2D eigenvalue weighted by atomic mass is 10.3. The number of hydrogen-bond donors (Lipinski definition) is 0. The lowest BCUT2D eigenvalue weighted by Crippen LogP contribution is -1.93. The molecule has 0 spiro atoms. The number of aromatic nitrogens is 1. The van der Waals surface area contributed by atoms with Crippen molar-refractivity contribution < 1.29 is 9.13 Å². The third-order valence-corrected chi connectivity index (χ3v) is 3.29. The first-order chi connectivity index (χ1) is 7.63. The molecule has 0 aliphatic carbocycles. The zero-order valence-electron chi connectivity index (χ0n) is 7.91. The first-order valence-electron chi connectivity index (χ1n) is 4.32. The number of thiazole rings is 1. The van der Waals surface area contributed by atoms with Crippen molar-refractivity contribution in [3.05, 3.63) is 44.0 Å². The molecule has 0 saturated heterocycles. The van der Waals surface area contributed by atoms with Crippen molar-refractivity contribution in [1.29, 1.82) is 0 Å². The molecule has 16 heavy (non-hydrogen) atoms. The summed E-state index contributed by atoms with van der Waals surface area (Å²) >= 11 is 10.2. The SMILES string of the molecule is Fc1cc(Br)cc(OCc2cnc(Cl)s2)c1. The van der Waals surface area contributed by atoms with E-state index in [1.165, 1.54) is 23.5 Å². The maximum Gasteiger partial charge on any atom is 0.183 e. The van der Waals surface area contributed by atoms with Gasteiger partial charge in [0.2, 0.25) is 0 Å². The van der Waals surface area contributed by atoms with E-state index in [2.05, 4.69) is 20.9 Å². The molecule has 0 aliphatic heterocycles. The summed E-state index contributed by atoms with van der Waals surface area (Å²) in [5.41, 5.74) is 0. The molecule has 0 bridgehead atoms. The Bertz CT molecular complexity index is 485. The van der Waals surface area contributed by atoms with E-state index >= 15 is 0 Å². The number of rotatable bonds is 3. The molecule has 0 fully saturated rings. The molecule has 0 N–H and O–H groups in total. The Morgan fingerprint density at radius 2 is 2.25 bits per heavy atom. The minimum atomic E-state index is -0.341. The molecular formula is C10H6BrClFNOS. The van der Waals surface area contributed by atoms with Crippen LogP contribution in [0.2, 0.25) is 4.47 Å². The zero-order chi connectivity index (χ0) is 11.5. The number of nitrogens with zero attached hydrogens (tertiary/aromatic N) is 1. The van der Waals surface area contributed by atoms with Crippen LogP contribution in [0.15, 0.2) is 28.9 Å². The Morgan fingerprint density at radius 1 is 1.44 bits per heavy atom. The van der Waals surface area contributed by atoms with E-state index in [9.17, 15) is 4.39 Å². The quantitative estimate of drug-likeness (QED) is 0.841. The zero-order valence-corrected chi connectivity index (χ0v) is 11.1. The van der Waals surface area contributed by atoms with Gasteiger partial charge >= 0.3 is 0 Å². The highest BCUT2D eigenvalue weighted by Crippen LogP contribution is 2.23. The normalized spacial score (nSPS) is 10.4. The van der Waals surface area contributed by atoms with Crippen LogP contribution >= 0.6 is 38.9 Å². The van der Waals surface area contributed by atoms with Gasteiger partial charge in [0.15, 0.2) is 4.47 Å². The summed E-state index contributed by atoms with van der Waals surface area (Å²) in [5.74, 6) is 0.128. The lowest BCUT2D eigenvalue weighted by Gasteiger charge is -2.04. The predicted octanol–water partition coefficient (Wildman–Crippen LogP) is 4.28. The van der Waals surface area contributed by atoms with E-state index < -0.39 is 0 Å². The number of halogens is 3. The van der Waals surface area contributed by atoms with Crippen LogP contribution in [-0.2, 0) is 6.61 Å². The lowest BCUT2D eigenvalue weighted by molar-refractivity contribution is 0.307. The maximum absolute atomic E-state index is 13.0. The summed E-state index contributed by atoms with van der Waals surface area (Å²) in [6.07, 6.45) is 1.64. The van der Waals surface area contributed by atoms with Crippen molar-refractivity contribution in [1.82, 2.24) is 4.98 Å². The van der Waals surface area contributed by atoms with Crippen LogP contribution in [0.1, 0.15) is 4.88 Å². The average Bonchev–Trinajstić information content (AvgIpc) is 2.60. The second-order valence-corrected chi connectivity index (χ2v) is 5.59. The Hall–Kier alpha value is -0.650. The molecule has 2 nitrogen and oxygen atoms in total. The van der Waals surface area contributed by atoms with Gasteiger partial charge in [0.1, 0.15) is 18.2 Å². The Kier molecular flexibility index (Phi) is 3.78. The Morgan fingerprint density at radius 3 is 2.88 bits per heavy atom. The standard InChI is InChI=1S/C10H6BrClFNOS/c11-6-1-7(13)3-8(2-6)15-5-9-4-14-10(12)16-9/h1-4H,5H2. The molecule has 2 aromatic rings. The molecule has 1 heterocycles. The number of benzene rings is 1. The molecule has 0 atom stereocenters. The van der Waals surface area contributed by atoms with Gasteiger partial charge in [-0.1, -0.05) is 27.5 Å². The predicted molar refractivity (Wildman–Crippen MR) is 65.6 cm³/mol. The summed E-state index contributed by atoms with van der Waals surface area (Å²) in [4.78, 5) is 4.78. The molecule has 6 heteroatoms. The fourth-order valence-electron chi connectivity index (χ4n) is 1.12. The van der Waals surface area contributed by atoms with Crippen molar-refractivity contribution in [3.8, 4) is 5.75 Å². The fraction of sp³-hybridized carbons (Fsp3) is 0.100. The van der Waals surface area contributed by atoms with E-state index in [4.69, 9.17) is 16.3 Å². The topological polar surface area (TPSA) is 22.1 Å². The van der Waals surface area contributed by atoms with Crippen LogP contribution in [0.4, 0.5) is 4.39 Å². The van der Waals surface area contributed by atoms with Gasteiger partial charge in [-0.05, 0) is 12.1 Å². The second kappa shape index (κ2) is 5.12. The third-order valence-electron chi connectivity index (χ3n) is 1.74. The molecule has 0 amide bonds. The van der Waals surface area contributed by atoms with Gasteiger partial charge in [-0.3, -0.25) is 0 Å². The van der Waals surface area contributed by atoms with Crippen LogP contribution in [0.25, 0.3) is 0 Å². The highest BCUT2D eigenvalue weighted by Gasteiger charge is 2.03. The van der Waals surface area contributed by atoms with Crippen molar-refractivity contribution in [2.75, 3.05) is 0 Å². The van der Waals surface area contributed by atoms with E-state index in [0.717, 1.165) is 4.88 Å². The Labute approximate surface area is 109 Å². The highest BCUT2D eigenvalue weighted by atomic mass is 79.9. The van der Waals surface area contributed by atoms with Gasteiger partial charge in [0, 0.05) is 16.7 Å². The minimum absolute atomic E-state index is 0.334. The molecule has 2 rings (SSSR count). The first-order valence-corrected chi connectivity index (χ1v) is 6.31. The van der Waals surface area contributed by atoms with E-state index in [1.54, 1.807) is 12.3 Å². The van der Waals surface area contributed by atoms with Gasteiger partial charge < -0.3 is 4.74 Å². The van der Waals surface area contributed by atoms with E-state index in [1.807, 2.05) is 0 Å². The third kappa shape index (κ3) is 3.17. The maximum atomic E-state index is 13.0. The van der Waals surface area contributed by atoms with Gasteiger partial charge in [-0.15, -0.1) is 11.3 Å². The highest BCUT2D eigenvalue weighted by molar-refractivity contribution is 9.10. The van der Waals surface area contributed by atoms with Crippen molar-refractivity contribution >= 4 is 38.9 Å². The summed E-state index contributed by atoms with van der Waals surface area (Å²) in [7, 11) is 0. The number of hydrogen-bond acceptors (Lipinski definition) is 3. The summed E-state index contributed by atoms with van der Waals surface area (Å²) in [5, 5.41) is 0. The van der Waals surface area contributed by atoms with Crippen molar-refractivity contribution in [2.24, 2.45) is 0 Å². The van der Waals surface area contributed by atoms with Crippen molar-refractivity contribution in [2.45, 2.75) is 6.61 Å². The van der Waals surface area contributed by atoms with E-state index in [-0.39, 0.29) is 5.82 Å². The molecule has 0 saturated carbocycles. The molecule has 0 unspecified atom stereocenters. The monoisotopic (exact) mass is 321 g/mol. The largest absolute Gasteiger partial charge is 0.488 e. The van der Waals surface area contributed by atoms with Gasteiger partial charge in [0.05, 0.1) is 4.88 Å². The summed E-state index contributed by atoms with van der Waals surface area (Å²) in [6, 6.07) is 4.40. The summed E-state index contributed by atoms with van der Waals surface area (Å²) in [6.45, 7) is 0.334. The second-order valence-electron chi connectivity index (χ2n) is 2.97. The van der Waals surface area contributed by atoms with Crippen molar-refractivity contribution in [3.63, 3.8) is 0 Å². The van der Waals surface area contributed by atoms with Crippen LogP contribution in [-0.4, -0.2) is 4.98 Å². The van der Waals surface area contributed by atoms with Gasteiger partial charge in [-0.25, -0.2) is 9.37 Å². The molecule has 0 radical (unpaired) electrons.